The molecule has 2 nitrogen and oxygen atoms in total. The Morgan fingerprint density at radius 2 is 1.27 bits per heavy atom. The van der Waals surface area contributed by atoms with E-state index in [4.69, 9.17) is 5.11 Å². The summed E-state index contributed by atoms with van der Waals surface area (Å²) in [5, 5.41) is 8.54. The van der Waals surface area contributed by atoms with Crippen molar-refractivity contribution in [2.24, 2.45) is 0 Å². The van der Waals surface area contributed by atoms with Crippen molar-refractivity contribution in [3.63, 3.8) is 0 Å². The Hall–Kier alpha value is -1.01. The Labute approximate surface area is 156 Å². The van der Waals surface area contributed by atoms with Crippen LogP contribution in [0.2, 0.25) is 0 Å². The van der Waals surface area contributed by atoms with E-state index in [1.807, 2.05) is 48.5 Å². The Kier molecular flexibility index (Phi) is 33.0. The normalized spacial score (nSPS) is 6.95. The van der Waals surface area contributed by atoms with Gasteiger partial charge in [-0.2, -0.15) is 0 Å². The van der Waals surface area contributed by atoms with E-state index in [-0.39, 0.29) is 46.0 Å². The number of carbonyl (C=O) groups excluding carboxylic acids is 1. The first-order chi connectivity index (χ1) is 9.86. The van der Waals surface area contributed by atoms with E-state index >= 15 is 0 Å². The van der Waals surface area contributed by atoms with Gasteiger partial charge in [0.2, 0.25) is 0 Å². The van der Waals surface area contributed by atoms with Gasteiger partial charge in [-0.25, -0.2) is 0 Å². The fraction of sp³-hybridized carbons (Fsp3) is 0.188. The molecule has 0 aliphatic carbocycles. The van der Waals surface area contributed by atoms with Crippen LogP contribution in [0.15, 0.2) is 60.7 Å². The van der Waals surface area contributed by atoms with E-state index in [0.29, 0.717) is 14.4 Å². The Bertz CT molecular complexity index is 423. The van der Waals surface area contributed by atoms with Crippen LogP contribution in [0, 0.1) is 0 Å². The summed E-state index contributed by atoms with van der Waals surface area (Å²) in [7, 11) is 1.00. The van der Waals surface area contributed by atoms with Crippen LogP contribution in [-0.4, -0.2) is 34.2 Å². The molecule has 2 aromatic rings. The van der Waals surface area contributed by atoms with Crippen molar-refractivity contribution in [2.75, 3.05) is 14.4 Å². The largest absolute Gasteiger partial charge is 1.00 e. The predicted octanol–water partition coefficient (Wildman–Crippen LogP) is 0.585. The summed E-state index contributed by atoms with van der Waals surface area (Å²) < 4.78 is 19.0. The minimum atomic E-state index is 0. The van der Waals surface area contributed by atoms with E-state index < -0.39 is 0 Å². The number of aldehydes is 1. The maximum atomic E-state index is 10.0. The third-order valence-corrected chi connectivity index (χ3v) is 1.96. The van der Waals surface area contributed by atoms with E-state index in [2.05, 4.69) is 0 Å². The summed E-state index contributed by atoms with van der Waals surface area (Å²) in [6.07, 6.45) is 0.833. The van der Waals surface area contributed by atoms with Crippen molar-refractivity contribution in [3.8, 4) is 0 Å². The van der Waals surface area contributed by atoms with Gasteiger partial charge in [0.1, 0.15) is 6.29 Å². The van der Waals surface area contributed by atoms with Crippen LogP contribution in [0.4, 0.5) is 8.78 Å². The van der Waals surface area contributed by atoms with Gasteiger partial charge in [0.15, 0.2) is 0 Å². The summed E-state index contributed by atoms with van der Waals surface area (Å²) in [4.78, 5) is 10.0. The summed E-state index contributed by atoms with van der Waals surface area (Å²) in [5.41, 5.74) is 1.69. The first-order valence-electron chi connectivity index (χ1n) is 5.77. The molecule has 0 unspecified atom stereocenters. The molecule has 0 fully saturated rings. The quantitative estimate of drug-likeness (QED) is 0.650. The van der Waals surface area contributed by atoms with E-state index in [0.717, 1.165) is 17.4 Å². The Morgan fingerprint density at radius 1 is 0.909 bits per heavy atom. The molecule has 0 aliphatic heterocycles. The number of benzene rings is 2. The second kappa shape index (κ2) is 25.0. The summed E-state index contributed by atoms with van der Waals surface area (Å²) in [5.74, 6) is 0. The smallest absolute Gasteiger partial charge is 1.00 e. The fourth-order valence-electron chi connectivity index (χ4n) is 1.12. The molecule has 3 radical (unpaired) electrons. The van der Waals surface area contributed by atoms with E-state index in [1.54, 1.807) is 12.1 Å². The maximum absolute atomic E-state index is 10.0. The first-order valence-corrected chi connectivity index (χ1v) is 5.77. The van der Waals surface area contributed by atoms with Crippen LogP contribution in [0.1, 0.15) is 17.3 Å². The van der Waals surface area contributed by atoms with Gasteiger partial charge in [-0.3, -0.25) is 13.6 Å². The Morgan fingerprint density at radius 3 is 1.50 bits per heavy atom. The number of halogens is 2. The molecule has 2 aromatic carbocycles. The van der Waals surface area contributed by atoms with Crippen LogP contribution >= 0.6 is 0 Å². The molecule has 6 heteroatoms. The van der Waals surface area contributed by atoms with Crippen LogP contribution in [0.25, 0.3) is 0 Å². The number of hydrogen-bond donors (Lipinski definition) is 1. The molecular weight excluding hydrogens is 294 g/mol. The second-order valence-corrected chi connectivity index (χ2v) is 3.17. The van der Waals surface area contributed by atoms with E-state index in [9.17, 15) is 13.6 Å². The van der Waals surface area contributed by atoms with Crippen molar-refractivity contribution in [1.82, 2.24) is 0 Å². The zero-order valence-electron chi connectivity index (χ0n) is 14.2. The topological polar surface area (TPSA) is 37.3 Å². The van der Waals surface area contributed by atoms with Crippen molar-refractivity contribution in [1.29, 1.82) is 0 Å². The third-order valence-electron chi connectivity index (χ3n) is 1.96. The molecule has 0 aliphatic rings. The minimum Gasteiger partial charge on any atom is -1.00 e. The molecule has 0 aromatic heterocycles. The molecule has 0 bridgehead atoms. The van der Waals surface area contributed by atoms with Gasteiger partial charge in [0.25, 0.3) is 0 Å². The zero-order valence-corrected chi connectivity index (χ0v) is 15.2. The monoisotopic (exact) mass is 315 g/mol. The van der Waals surface area contributed by atoms with Gasteiger partial charge >= 0.3 is 29.6 Å². The summed E-state index contributed by atoms with van der Waals surface area (Å²) >= 11 is 0. The van der Waals surface area contributed by atoms with Crippen molar-refractivity contribution in [3.05, 3.63) is 71.8 Å². The molecular formula is C16H21BF2NaO2. The van der Waals surface area contributed by atoms with Crippen LogP contribution in [-0.2, 0) is 6.61 Å². The van der Waals surface area contributed by atoms with Gasteiger partial charge in [-0.15, -0.1) is 0 Å². The number of carbonyl (C=O) groups is 1. The summed E-state index contributed by atoms with van der Waals surface area (Å²) in [6.45, 7) is 0.140. The number of aliphatic hydroxyl groups excluding tert-OH is 1. The van der Waals surface area contributed by atoms with Gasteiger partial charge < -0.3 is 6.53 Å². The standard InChI is InChI=1S/C7H8O.C7H6O.2CH3F.B.Na.H/c2*8-6-7-4-2-1-3-5-7;2*1-2;;;/h1-5,8H,6H2;1-6H;2*1H3;;;/q;;;;;+1;-1/i;;2*2-1;;;. The van der Waals surface area contributed by atoms with Crippen LogP contribution < -0.4 is 29.6 Å². The van der Waals surface area contributed by atoms with Crippen molar-refractivity contribution < 1.29 is 49.7 Å². The molecule has 0 amide bonds. The first kappa shape index (κ1) is 29.1. The number of hydrogen-bond acceptors (Lipinski definition) is 2. The molecule has 0 atom stereocenters. The van der Waals surface area contributed by atoms with Gasteiger partial charge in [-0.05, 0) is 5.56 Å². The van der Waals surface area contributed by atoms with Crippen LogP contribution in [0.5, 0.6) is 0 Å². The second-order valence-electron chi connectivity index (χ2n) is 3.17. The molecule has 0 spiro atoms. The molecule has 0 saturated carbocycles. The van der Waals surface area contributed by atoms with Gasteiger partial charge in [0, 0.05) is 14.0 Å². The molecule has 22 heavy (non-hydrogen) atoms. The van der Waals surface area contributed by atoms with E-state index in [1.165, 1.54) is 0 Å². The molecule has 0 saturated heterocycles. The van der Waals surface area contributed by atoms with Crippen molar-refractivity contribution in [2.45, 2.75) is 6.61 Å². The third kappa shape index (κ3) is 17.0. The fourth-order valence-corrected chi connectivity index (χ4v) is 1.12. The average molecular weight is 315 g/mol. The zero-order chi connectivity index (χ0) is 15.6. The van der Waals surface area contributed by atoms with Gasteiger partial charge in [-0.1, -0.05) is 60.7 Å². The molecule has 1 N–H and O–H groups in total. The van der Waals surface area contributed by atoms with Crippen LogP contribution in [0.3, 0.4) is 0 Å². The van der Waals surface area contributed by atoms with Gasteiger partial charge in [0.05, 0.1) is 21.0 Å². The van der Waals surface area contributed by atoms with Crippen molar-refractivity contribution >= 4 is 14.7 Å². The SMILES string of the molecule is C[18F].C[18F].O=Cc1ccccc1.OCc1ccccc1.[B].[H-].[Na+]. The number of aliphatic hydroxyl groups is 1. The number of rotatable bonds is 2. The Balaban J connectivity index is -0.0000000697. The average Bonchev–Trinajstić information content (AvgIpc) is 2.60. The summed E-state index contributed by atoms with van der Waals surface area (Å²) in [6, 6.07) is 18.6. The molecule has 115 valence electrons. The predicted molar refractivity (Wildman–Crippen MR) is 85.1 cm³/mol. The minimum absolute atomic E-state index is 0. The maximum Gasteiger partial charge on any atom is 1.00 e. The number of alkyl halides is 2. The molecule has 2 rings (SSSR count). The molecule has 0 heterocycles.